The predicted octanol–water partition coefficient (Wildman–Crippen LogP) is 2.92. The zero-order valence-corrected chi connectivity index (χ0v) is 10.4. The van der Waals surface area contributed by atoms with Gasteiger partial charge >= 0.3 is 12.3 Å². The fourth-order valence-corrected chi connectivity index (χ4v) is 1.18. The second kappa shape index (κ2) is 6.31. The van der Waals surface area contributed by atoms with Gasteiger partial charge in [0.15, 0.2) is 6.61 Å². The minimum Gasteiger partial charge on any atom is -0.482 e. The van der Waals surface area contributed by atoms with Gasteiger partial charge < -0.3 is 14.2 Å². The van der Waals surface area contributed by atoms with Crippen LogP contribution in [0, 0.1) is 0 Å². The lowest BCUT2D eigenvalue weighted by molar-refractivity contribution is -0.274. The zero-order chi connectivity index (χ0) is 14.5. The molecule has 1 aromatic rings. The molecule has 0 saturated heterocycles. The molecule has 7 heteroatoms. The summed E-state index contributed by atoms with van der Waals surface area (Å²) in [5.41, 5.74) is 0. The molecule has 0 unspecified atom stereocenters. The molecular formula is C12H13F3O4. The third-order valence-corrected chi connectivity index (χ3v) is 1.78. The van der Waals surface area contributed by atoms with E-state index >= 15 is 0 Å². The molecule has 0 radical (unpaired) electrons. The number of hydrogen-bond acceptors (Lipinski definition) is 4. The number of halogens is 3. The Bertz CT molecular complexity index is 412. The topological polar surface area (TPSA) is 44.8 Å². The Morgan fingerprint density at radius 3 is 2.16 bits per heavy atom. The molecule has 0 aliphatic heterocycles. The van der Waals surface area contributed by atoms with Gasteiger partial charge in [-0.1, -0.05) is 0 Å². The molecule has 1 rings (SSSR count). The average Bonchev–Trinajstić information content (AvgIpc) is 2.25. The van der Waals surface area contributed by atoms with Crippen molar-refractivity contribution in [1.29, 1.82) is 0 Å². The van der Waals surface area contributed by atoms with E-state index in [4.69, 9.17) is 9.47 Å². The molecule has 0 atom stereocenters. The molecule has 0 saturated carbocycles. The highest BCUT2D eigenvalue weighted by atomic mass is 19.4. The van der Waals surface area contributed by atoms with E-state index in [0.717, 1.165) is 12.1 Å². The fraction of sp³-hybridized carbons (Fsp3) is 0.417. The summed E-state index contributed by atoms with van der Waals surface area (Å²) in [5, 5.41) is 0. The van der Waals surface area contributed by atoms with Crippen molar-refractivity contribution in [2.24, 2.45) is 0 Å². The Labute approximate surface area is 108 Å². The third-order valence-electron chi connectivity index (χ3n) is 1.78. The molecule has 0 aromatic heterocycles. The van der Waals surface area contributed by atoms with Crippen LogP contribution in [0.3, 0.4) is 0 Å². The van der Waals surface area contributed by atoms with Gasteiger partial charge in [-0.3, -0.25) is 0 Å². The van der Waals surface area contributed by atoms with Gasteiger partial charge in [-0.15, -0.1) is 13.2 Å². The largest absolute Gasteiger partial charge is 0.573 e. The molecule has 0 spiro atoms. The first kappa shape index (κ1) is 15.1. The predicted molar refractivity (Wildman–Crippen MR) is 59.8 cm³/mol. The number of rotatable bonds is 5. The molecule has 0 aliphatic carbocycles. The van der Waals surface area contributed by atoms with Gasteiger partial charge in [0.2, 0.25) is 0 Å². The van der Waals surface area contributed by atoms with Crippen molar-refractivity contribution in [1.82, 2.24) is 0 Å². The van der Waals surface area contributed by atoms with Crippen LogP contribution in [-0.4, -0.2) is 25.0 Å². The van der Waals surface area contributed by atoms with Crippen LogP contribution in [0.5, 0.6) is 11.5 Å². The van der Waals surface area contributed by atoms with E-state index in [0.29, 0.717) is 0 Å². The maximum Gasteiger partial charge on any atom is 0.573 e. The van der Waals surface area contributed by atoms with E-state index < -0.39 is 12.3 Å². The summed E-state index contributed by atoms with van der Waals surface area (Å²) in [7, 11) is 0. The summed E-state index contributed by atoms with van der Waals surface area (Å²) >= 11 is 0. The van der Waals surface area contributed by atoms with Crippen LogP contribution in [0.25, 0.3) is 0 Å². The van der Waals surface area contributed by atoms with Crippen molar-refractivity contribution < 1.29 is 32.2 Å². The quantitative estimate of drug-likeness (QED) is 0.777. The summed E-state index contributed by atoms with van der Waals surface area (Å²) in [6.07, 6.45) is -4.98. The maximum absolute atomic E-state index is 11.9. The van der Waals surface area contributed by atoms with Gasteiger partial charge in [-0.25, -0.2) is 4.79 Å². The van der Waals surface area contributed by atoms with Gasteiger partial charge in [0, 0.05) is 0 Å². The average molecular weight is 278 g/mol. The number of hydrogen-bond donors (Lipinski definition) is 0. The minimum atomic E-state index is -4.73. The Hall–Kier alpha value is -1.92. The SMILES string of the molecule is CC(C)OC(=O)COc1ccc(OC(F)(F)F)cc1. The molecule has 0 bridgehead atoms. The van der Waals surface area contributed by atoms with Crippen LogP contribution in [0.2, 0.25) is 0 Å². The summed E-state index contributed by atoms with van der Waals surface area (Å²) < 4.78 is 49.3. The lowest BCUT2D eigenvalue weighted by Gasteiger charge is -2.11. The van der Waals surface area contributed by atoms with Crippen molar-refractivity contribution in [2.75, 3.05) is 6.61 Å². The summed E-state index contributed by atoms with van der Waals surface area (Å²) in [6, 6.07) is 4.72. The van der Waals surface area contributed by atoms with Crippen molar-refractivity contribution >= 4 is 5.97 Å². The van der Waals surface area contributed by atoms with Crippen LogP contribution in [0.4, 0.5) is 13.2 Å². The lowest BCUT2D eigenvalue weighted by Crippen LogP contribution is -2.19. The standard InChI is InChI=1S/C12H13F3O4/c1-8(2)18-11(16)7-17-9-3-5-10(6-4-9)19-12(13,14)15/h3-6,8H,7H2,1-2H3. The first-order chi connectivity index (χ1) is 8.76. The van der Waals surface area contributed by atoms with Gasteiger partial charge in [0.1, 0.15) is 11.5 Å². The molecule has 0 fully saturated rings. The molecular weight excluding hydrogens is 265 g/mol. The second-order valence-electron chi connectivity index (χ2n) is 3.85. The van der Waals surface area contributed by atoms with Crippen molar-refractivity contribution in [3.8, 4) is 11.5 Å². The number of benzene rings is 1. The van der Waals surface area contributed by atoms with Gasteiger partial charge in [-0.05, 0) is 38.1 Å². The van der Waals surface area contributed by atoms with E-state index in [1.54, 1.807) is 13.8 Å². The highest BCUT2D eigenvalue weighted by molar-refractivity contribution is 5.71. The molecule has 19 heavy (non-hydrogen) atoms. The Balaban J connectivity index is 2.46. The molecule has 4 nitrogen and oxygen atoms in total. The summed E-state index contributed by atoms with van der Waals surface area (Å²) in [5.74, 6) is -0.662. The van der Waals surface area contributed by atoms with Crippen LogP contribution in [-0.2, 0) is 9.53 Å². The molecule has 0 heterocycles. The van der Waals surface area contributed by atoms with Gasteiger partial charge in [0.05, 0.1) is 6.10 Å². The van der Waals surface area contributed by atoms with Crippen molar-refractivity contribution in [2.45, 2.75) is 26.3 Å². The minimum absolute atomic E-state index is 0.246. The second-order valence-corrected chi connectivity index (χ2v) is 3.85. The highest BCUT2D eigenvalue weighted by Gasteiger charge is 2.30. The van der Waals surface area contributed by atoms with Crippen LogP contribution >= 0.6 is 0 Å². The number of esters is 1. The molecule has 0 N–H and O–H groups in total. The molecule has 1 aromatic carbocycles. The Morgan fingerprint density at radius 1 is 1.16 bits per heavy atom. The van der Waals surface area contributed by atoms with Crippen LogP contribution in [0.15, 0.2) is 24.3 Å². The van der Waals surface area contributed by atoms with Crippen molar-refractivity contribution in [3.05, 3.63) is 24.3 Å². The smallest absolute Gasteiger partial charge is 0.482 e. The van der Waals surface area contributed by atoms with E-state index in [1.807, 2.05) is 0 Å². The van der Waals surface area contributed by atoms with E-state index in [2.05, 4.69) is 4.74 Å². The van der Waals surface area contributed by atoms with Gasteiger partial charge in [-0.2, -0.15) is 0 Å². The van der Waals surface area contributed by atoms with Gasteiger partial charge in [0.25, 0.3) is 0 Å². The van der Waals surface area contributed by atoms with E-state index in [1.165, 1.54) is 12.1 Å². The normalized spacial score (nSPS) is 11.3. The van der Waals surface area contributed by atoms with E-state index in [9.17, 15) is 18.0 Å². The van der Waals surface area contributed by atoms with Crippen LogP contribution < -0.4 is 9.47 Å². The number of ether oxygens (including phenoxy) is 3. The Kier molecular flexibility index (Phi) is 5.02. The first-order valence-corrected chi connectivity index (χ1v) is 5.44. The molecule has 0 aliphatic rings. The number of alkyl halides is 3. The molecule has 106 valence electrons. The lowest BCUT2D eigenvalue weighted by atomic mass is 10.3. The zero-order valence-electron chi connectivity index (χ0n) is 10.4. The first-order valence-electron chi connectivity index (χ1n) is 5.44. The number of carbonyl (C=O) groups is 1. The fourth-order valence-electron chi connectivity index (χ4n) is 1.18. The summed E-state index contributed by atoms with van der Waals surface area (Å²) in [6.45, 7) is 3.08. The molecule has 0 amide bonds. The van der Waals surface area contributed by atoms with Crippen molar-refractivity contribution in [3.63, 3.8) is 0 Å². The van der Waals surface area contributed by atoms with Crippen LogP contribution in [0.1, 0.15) is 13.8 Å². The third kappa shape index (κ3) is 6.54. The summed E-state index contributed by atoms with van der Waals surface area (Å²) in [4.78, 5) is 11.2. The Morgan fingerprint density at radius 2 is 1.68 bits per heavy atom. The maximum atomic E-state index is 11.9. The number of carbonyl (C=O) groups excluding carboxylic acids is 1. The van der Waals surface area contributed by atoms with E-state index in [-0.39, 0.29) is 24.2 Å². The highest BCUT2D eigenvalue weighted by Crippen LogP contribution is 2.24. The monoisotopic (exact) mass is 278 g/mol.